The Balaban J connectivity index is 2.43. The van der Waals surface area contributed by atoms with Crippen molar-refractivity contribution in [1.82, 2.24) is 0 Å². The van der Waals surface area contributed by atoms with E-state index in [2.05, 4.69) is 32.2 Å². The maximum atomic E-state index is 5.75. The van der Waals surface area contributed by atoms with E-state index in [0.29, 0.717) is 6.61 Å². The van der Waals surface area contributed by atoms with Crippen molar-refractivity contribution < 1.29 is 14.2 Å². The molecule has 1 atom stereocenters. The predicted octanol–water partition coefficient (Wildman–Crippen LogP) is 4.86. The molecule has 2 rings (SSSR count). The largest absolute Gasteiger partial charge is 0.496 e. The van der Waals surface area contributed by atoms with E-state index >= 15 is 0 Å². The molecule has 0 saturated heterocycles. The number of hydrogen-bond acceptors (Lipinski definition) is 3. The van der Waals surface area contributed by atoms with Gasteiger partial charge in [0, 0.05) is 16.3 Å². The van der Waals surface area contributed by atoms with E-state index in [4.69, 9.17) is 14.2 Å². The van der Waals surface area contributed by atoms with E-state index in [1.165, 1.54) is 0 Å². The first-order valence-electron chi connectivity index (χ1n) is 8.15. The molecule has 0 saturated carbocycles. The molecule has 128 valence electrons. The molecule has 0 aromatic heterocycles. The van der Waals surface area contributed by atoms with E-state index in [0.717, 1.165) is 46.2 Å². The number of ether oxygens (including phenoxy) is 3. The normalized spacial score (nSPS) is 12.0. The zero-order valence-corrected chi connectivity index (χ0v) is 14.8. The van der Waals surface area contributed by atoms with Gasteiger partial charge >= 0.3 is 0 Å². The van der Waals surface area contributed by atoms with Crippen LogP contribution in [0.5, 0.6) is 11.5 Å². The number of rotatable bonds is 9. The lowest BCUT2D eigenvalue weighted by atomic mass is 9.94. The van der Waals surface area contributed by atoms with E-state index < -0.39 is 0 Å². The highest BCUT2D eigenvalue weighted by Gasteiger charge is 2.18. The molecular formula is C21H26O3. The summed E-state index contributed by atoms with van der Waals surface area (Å²) in [6, 6.07) is 8.16. The van der Waals surface area contributed by atoms with Gasteiger partial charge in [-0.1, -0.05) is 36.4 Å². The molecule has 0 aliphatic carbocycles. The van der Waals surface area contributed by atoms with Gasteiger partial charge in [-0.15, -0.1) is 13.2 Å². The summed E-state index contributed by atoms with van der Waals surface area (Å²) in [6.07, 6.45) is 5.23. The predicted molar refractivity (Wildman–Crippen MR) is 100 cm³/mol. The van der Waals surface area contributed by atoms with Crippen molar-refractivity contribution in [2.24, 2.45) is 0 Å². The van der Waals surface area contributed by atoms with Crippen LogP contribution in [0, 0.1) is 6.92 Å². The lowest BCUT2D eigenvalue weighted by molar-refractivity contribution is 0.103. The van der Waals surface area contributed by atoms with Crippen molar-refractivity contribution in [3.63, 3.8) is 0 Å². The Bertz CT molecular complexity index is 719. The minimum Gasteiger partial charge on any atom is -0.496 e. The molecule has 0 radical (unpaired) electrons. The third kappa shape index (κ3) is 3.62. The second kappa shape index (κ2) is 8.55. The standard InChI is InChI=1S/C21H26O3/c1-6-14-24-16(7-2)12-13-17-15(3)20(22-4)18-10-8-9-11-19(18)21(17)23-5/h6-11,16H,1-2,12-14H2,3-5H3. The Morgan fingerprint density at radius 1 is 1.04 bits per heavy atom. The van der Waals surface area contributed by atoms with Crippen LogP contribution in [0.25, 0.3) is 10.8 Å². The molecule has 0 fully saturated rings. The molecule has 0 amide bonds. The van der Waals surface area contributed by atoms with Crippen molar-refractivity contribution in [3.05, 3.63) is 60.7 Å². The van der Waals surface area contributed by atoms with Gasteiger partial charge < -0.3 is 14.2 Å². The molecule has 0 bridgehead atoms. The van der Waals surface area contributed by atoms with Crippen molar-refractivity contribution >= 4 is 10.8 Å². The summed E-state index contributed by atoms with van der Waals surface area (Å²) in [5, 5.41) is 2.14. The first-order chi connectivity index (χ1) is 11.7. The zero-order valence-electron chi connectivity index (χ0n) is 14.8. The second-order valence-electron chi connectivity index (χ2n) is 5.65. The lowest BCUT2D eigenvalue weighted by Crippen LogP contribution is -2.12. The van der Waals surface area contributed by atoms with Gasteiger partial charge in [-0.25, -0.2) is 0 Å². The van der Waals surface area contributed by atoms with Crippen LogP contribution in [-0.2, 0) is 11.2 Å². The molecule has 0 N–H and O–H groups in total. The fraction of sp³-hybridized carbons (Fsp3) is 0.333. The summed E-state index contributed by atoms with van der Waals surface area (Å²) >= 11 is 0. The minimum atomic E-state index is -0.00966. The summed E-state index contributed by atoms with van der Waals surface area (Å²) in [5.74, 6) is 1.82. The molecule has 0 heterocycles. The monoisotopic (exact) mass is 326 g/mol. The average molecular weight is 326 g/mol. The van der Waals surface area contributed by atoms with Gasteiger partial charge in [0.1, 0.15) is 11.5 Å². The van der Waals surface area contributed by atoms with Gasteiger partial charge in [0.05, 0.1) is 26.9 Å². The number of methoxy groups -OCH3 is 2. The quantitative estimate of drug-likeness (QED) is 0.616. The van der Waals surface area contributed by atoms with Crippen molar-refractivity contribution in [3.8, 4) is 11.5 Å². The molecule has 0 aliphatic rings. The van der Waals surface area contributed by atoms with Crippen LogP contribution in [-0.4, -0.2) is 26.9 Å². The van der Waals surface area contributed by atoms with E-state index in [1.807, 2.05) is 18.2 Å². The molecule has 3 nitrogen and oxygen atoms in total. The summed E-state index contributed by atoms with van der Waals surface area (Å²) in [7, 11) is 3.43. The number of benzene rings is 2. The van der Waals surface area contributed by atoms with Crippen LogP contribution in [0.1, 0.15) is 17.5 Å². The molecule has 24 heavy (non-hydrogen) atoms. The third-order valence-corrected chi connectivity index (χ3v) is 4.26. The Morgan fingerprint density at radius 3 is 2.21 bits per heavy atom. The molecule has 0 aliphatic heterocycles. The first-order valence-corrected chi connectivity index (χ1v) is 8.15. The molecule has 2 aromatic rings. The first kappa shape index (κ1) is 18.1. The highest BCUT2D eigenvalue weighted by molar-refractivity contribution is 5.96. The highest BCUT2D eigenvalue weighted by atomic mass is 16.5. The summed E-state index contributed by atoms with van der Waals surface area (Å²) in [6.45, 7) is 10.1. The van der Waals surface area contributed by atoms with Crippen LogP contribution >= 0.6 is 0 Å². The Labute approximate surface area is 144 Å². The Morgan fingerprint density at radius 2 is 1.67 bits per heavy atom. The molecule has 0 spiro atoms. The van der Waals surface area contributed by atoms with Gasteiger partial charge in [0.2, 0.25) is 0 Å². The van der Waals surface area contributed by atoms with Gasteiger partial charge in [0.15, 0.2) is 0 Å². The fourth-order valence-corrected chi connectivity index (χ4v) is 3.10. The van der Waals surface area contributed by atoms with Crippen molar-refractivity contribution in [2.45, 2.75) is 25.9 Å². The maximum absolute atomic E-state index is 5.75. The van der Waals surface area contributed by atoms with Crippen LogP contribution in [0.3, 0.4) is 0 Å². The topological polar surface area (TPSA) is 27.7 Å². The smallest absolute Gasteiger partial charge is 0.130 e. The van der Waals surface area contributed by atoms with E-state index in [1.54, 1.807) is 20.3 Å². The Kier molecular flexibility index (Phi) is 6.44. The molecule has 3 heteroatoms. The van der Waals surface area contributed by atoms with Gasteiger partial charge in [-0.3, -0.25) is 0 Å². The van der Waals surface area contributed by atoms with Crippen LogP contribution in [0.2, 0.25) is 0 Å². The second-order valence-corrected chi connectivity index (χ2v) is 5.65. The van der Waals surface area contributed by atoms with E-state index in [9.17, 15) is 0 Å². The molecular weight excluding hydrogens is 300 g/mol. The third-order valence-electron chi connectivity index (χ3n) is 4.26. The SMILES string of the molecule is C=CCOC(C=C)CCc1c(C)c(OC)c2ccccc2c1OC. The maximum Gasteiger partial charge on any atom is 0.130 e. The molecule has 1 unspecified atom stereocenters. The van der Waals surface area contributed by atoms with Crippen LogP contribution < -0.4 is 9.47 Å². The lowest BCUT2D eigenvalue weighted by Gasteiger charge is -2.20. The van der Waals surface area contributed by atoms with Gasteiger partial charge in [-0.2, -0.15) is 0 Å². The number of fused-ring (bicyclic) bond motifs is 1. The zero-order chi connectivity index (χ0) is 17.5. The average Bonchev–Trinajstić information content (AvgIpc) is 2.62. The number of hydrogen-bond donors (Lipinski definition) is 0. The molecule has 2 aromatic carbocycles. The highest BCUT2D eigenvalue weighted by Crippen LogP contribution is 2.40. The minimum absolute atomic E-state index is 0.00966. The van der Waals surface area contributed by atoms with Crippen LogP contribution in [0.15, 0.2) is 49.6 Å². The Hall–Kier alpha value is -2.26. The van der Waals surface area contributed by atoms with Gasteiger partial charge in [0.25, 0.3) is 0 Å². The van der Waals surface area contributed by atoms with Crippen molar-refractivity contribution in [2.75, 3.05) is 20.8 Å². The summed E-state index contributed by atoms with van der Waals surface area (Å²) in [4.78, 5) is 0. The summed E-state index contributed by atoms with van der Waals surface area (Å²) < 4.78 is 17.1. The summed E-state index contributed by atoms with van der Waals surface area (Å²) in [5.41, 5.74) is 2.27. The fourth-order valence-electron chi connectivity index (χ4n) is 3.10. The van der Waals surface area contributed by atoms with Gasteiger partial charge in [-0.05, 0) is 25.3 Å². The van der Waals surface area contributed by atoms with Crippen LogP contribution in [0.4, 0.5) is 0 Å². The van der Waals surface area contributed by atoms with E-state index in [-0.39, 0.29) is 6.10 Å². The van der Waals surface area contributed by atoms with Crippen molar-refractivity contribution in [1.29, 1.82) is 0 Å².